The summed E-state index contributed by atoms with van der Waals surface area (Å²) in [5.74, 6) is 5.83. The topological polar surface area (TPSA) is 44.5 Å². The molecule has 0 aromatic carbocycles. The Morgan fingerprint density at radius 1 is 1.24 bits per heavy atom. The number of fused-ring (bicyclic) bond motifs is 3. The number of hydrogen-bond donors (Lipinski definition) is 2. The Balaban J connectivity index is 1.74. The van der Waals surface area contributed by atoms with Gasteiger partial charge in [-0.2, -0.15) is 0 Å². The minimum absolute atomic E-state index is 0.374. The lowest BCUT2D eigenvalue weighted by atomic mass is 9.88. The SMILES string of the molecule is NNC(C1=CCCCC1)C1CN2CCN1CC2. The van der Waals surface area contributed by atoms with Crippen molar-refractivity contribution in [1.82, 2.24) is 15.2 Å². The summed E-state index contributed by atoms with van der Waals surface area (Å²) in [6.45, 7) is 6.11. The molecule has 0 spiro atoms. The van der Waals surface area contributed by atoms with E-state index in [1.807, 2.05) is 0 Å². The Hall–Kier alpha value is -0.420. The maximum Gasteiger partial charge on any atom is 0.0587 e. The van der Waals surface area contributed by atoms with E-state index in [2.05, 4.69) is 21.3 Å². The van der Waals surface area contributed by atoms with E-state index in [0.717, 1.165) is 0 Å². The summed E-state index contributed by atoms with van der Waals surface area (Å²) in [6.07, 6.45) is 7.58. The predicted molar refractivity (Wildman–Crippen MR) is 69.5 cm³/mol. The van der Waals surface area contributed by atoms with Crippen LogP contribution >= 0.6 is 0 Å². The number of allylic oxidation sites excluding steroid dienone is 1. The van der Waals surface area contributed by atoms with Gasteiger partial charge in [-0.1, -0.05) is 11.6 Å². The van der Waals surface area contributed by atoms with E-state index >= 15 is 0 Å². The lowest BCUT2D eigenvalue weighted by molar-refractivity contribution is 0.00151. The van der Waals surface area contributed by atoms with Gasteiger partial charge in [0, 0.05) is 38.8 Å². The monoisotopic (exact) mass is 236 g/mol. The molecule has 4 aliphatic rings. The van der Waals surface area contributed by atoms with Crippen molar-refractivity contribution in [2.45, 2.75) is 37.8 Å². The summed E-state index contributed by atoms with van der Waals surface area (Å²) < 4.78 is 0. The van der Waals surface area contributed by atoms with Crippen LogP contribution in [-0.4, -0.2) is 54.6 Å². The van der Waals surface area contributed by atoms with Gasteiger partial charge in [-0.15, -0.1) is 0 Å². The van der Waals surface area contributed by atoms with E-state index in [4.69, 9.17) is 5.84 Å². The lowest BCUT2D eigenvalue weighted by Crippen LogP contribution is -2.67. The molecule has 3 saturated heterocycles. The quantitative estimate of drug-likeness (QED) is 0.421. The first-order chi connectivity index (χ1) is 8.38. The number of nitrogens with zero attached hydrogens (tertiary/aromatic N) is 2. The van der Waals surface area contributed by atoms with E-state index in [1.54, 1.807) is 5.57 Å². The minimum atomic E-state index is 0.374. The zero-order valence-corrected chi connectivity index (χ0v) is 10.6. The number of rotatable bonds is 3. The molecule has 4 rings (SSSR count). The second-order valence-electron chi connectivity index (χ2n) is 5.57. The van der Waals surface area contributed by atoms with Gasteiger partial charge in [-0.25, -0.2) is 0 Å². The van der Waals surface area contributed by atoms with E-state index in [0.29, 0.717) is 12.1 Å². The second-order valence-corrected chi connectivity index (χ2v) is 5.57. The Kier molecular flexibility index (Phi) is 3.47. The van der Waals surface area contributed by atoms with Gasteiger partial charge in [-0.3, -0.25) is 21.1 Å². The maximum atomic E-state index is 5.83. The fourth-order valence-corrected chi connectivity index (χ4v) is 3.58. The molecule has 0 amide bonds. The van der Waals surface area contributed by atoms with E-state index < -0.39 is 0 Å². The molecule has 3 heterocycles. The third kappa shape index (κ3) is 2.27. The molecule has 0 aromatic rings. The van der Waals surface area contributed by atoms with Gasteiger partial charge in [0.1, 0.15) is 0 Å². The van der Waals surface area contributed by atoms with Crippen molar-refractivity contribution in [3.8, 4) is 0 Å². The summed E-state index contributed by atoms with van der Waals surface area (Å²) in [7, 11) is 0. The molecule has 2 unspecified atom stereocenters. The van der Waals surface area contributed by atoms with Gasteiger partial charge in [0.2, 0.25) is 0 Å². The maximum absolute atomic E-state index is 5.83. The van der Waals surface area contributed by atoms with Crippen LogP contribution in [0.2, 0.25) is 0 Å². The van der Waals surface area contributed by atoms with Crippen molar-refractivity contribution in [2.75, 3.05) is 32.7 Å². The van der Waals surface area contributed by atoms with Crippen LogP contribution in [0.1, 0.15) is 25.7 Å². The summed E-state index contributed by atoms with van der Waals surface area (Å²) in [5, 5.41) is 0. The first-order valence-electron chi connectivity index (χ1n) is 7.00. The van der Waals surface area contributed by atoms with Gasteiger partial charge < -0.3 is 0 Å². The standard InChI is InChI=1S/C13H24N4/c14-15-13(11-4-2-1-3-5-11)12-10-16-6-8-17(12)9-7-16/h4,12-13,15H,1-3,5-10,14H2. The van der Waals surface area contributed by atoms with Crippen molar-refractivity contribution in [3.63, 3.8) is 0 Å². The van der Waals surface area contributed by atoms with E-state index in [-0.39, 0.29) is 0 Å². The third-order valence-electron chi connectivity index (χ3n) is 4.61. The van der Waals surface area contributed by atoms with Crippen LogP contribution < -0.4 is 11.3 Å². The first kappa shape index (κ1) is 11.7. The molecule has 96 valence electrons. The summed E-state index contributed by atoms with van der Waals surface area (Å²) >= 11 is 0. The van der Waals surface area contributed by atoms with E-state index in [9.17, 15) is 0 Å². The first-order valence-corrected chi connectivity index (χ1v) is 7.00. The van der Waals surface area contributed by atoms with Crippen molar-refractivity contribution in [1.29, 1.82) is 0 Å². The highest BCUT2D eigenvalue weighted by Gasteiger charge is 2.37. The molecule has 2 bridgehead atoms. The molecule has 17 heavy (non-hydrogen) atoms. The van der Waals surface area contributed by atoms with Crippen LogP contribution in [0, 0.1) is 0 Å². The van der Waals surface area contributed by atoms with Crippen LogP contribution in [0.4, 0.5) is 0 Å². The molecule has 4 heteroatoms. The average molecular weight is 236 g/mol. The Morgan fingerprint density at radius 2 is 2.06 bits per heavy atom. The van der Waals surface area contributed by atoms with Gasteiger partial charge in [0.25, 0.3) is 0 Å². The molecule has 0 radical (unpaired) electrons. The van der Waals surface area contributed by atoms with Gasteiger partial charge in [-0.05, 0) is 25.7 Å². The number of hydrazine groups is 1. The van der Waals surface area contributed by atoms with Gasteiger partial charge in [0.15, 0.2) is 0 Å². The molecular formula is C13H24N4. The summed E-state index contributed by atoms with van der Waals surface area (Å²) in [6, 6.07) is 0.963. The highest BCUT2D eigenvalue weighted by molar-refractivity contribution is 5.17. The molecule has 4 nitrogen and oxygen atoms in total. The molecule has 2 atom stereocenters. The third-order valence-corrected chi connectivity index (χ3v) is 4.61. The molecule has 3 aliphatic heterocycles. The Morgan fingerprint density at radius 3 is 2.59 bits per heavy atom. The van der Waals surface area contributed by atoms with Gasteiger partial charge in [0.05, 0.1) is 6.04 Å². The predicted octanol–water partition coefficient (Wildman–Crippen LogP) is 0.318. The highest BCUT2D eigenvalue weighted by atomic mass is 15.4. The van der Waals surface area contributed by atoms with Crippen molar-refractivity contribution < 1.29 is 0 Å². The van der Waals surface area contributed by atoms with Crippen molar-refractivity contribution in [3.05, 3.63) is 11.6 Å². The number of hydrogen-bond acceptors (Lipinski definition) is 4. The average Bonchev–Trinajstić information content (AvgIpc) is 2.42. The number of nitrogens with two attached hydrogens (primary N) is 1. The zero-order valence-electron chi connectivity index (χ0n) is 10.6. The summed E-state index contributed by atoms with van der Waals surface area (Å²) in [4.78, 5) is 5.21. The van der Waals surface area contributed by atoms with Crippen LogP contribution in [0.15, 0.2) is 11.6 Å². The van der Waals surface area contributed by atoms with Crippen LogP contribution in [0.5, 0.6) is 0 Å². The largest absolute Gasteiger partial charge is 0.299 e. The van der Waals surface area contributed by atoms with Crippen molar-refractivity contribution >= 4 is 0 Å². The number of piperazine rings is 3. The van der Waals surface area contributed by atoms with E-state index in [1.165, 1.54) is 58.4 Å². The molecule has 3 fully saturated rings. The summed E-state index contributed by atoms with van der Waals surface area (Å²) in [5.41, 5.74) is 4.64. The Labute approximate surface area is 104 Å². The Bertz CT molecular complexity index is 294. The second kappa shape index (κ2) is 5.06. The molecule has 0 saturated carbocycles. The minimum Gasteiger partial charge on any atom is -0.299 e. The zero-order chi connectivity index (χ0) is 11.7. The fraction of sp³-hybridized carbons (Fsp3) is 0.846. The molecule has 1 aliphatic carbocycles. The van der Waals surface area contributed by atoms with Gasteiger partial charge >= 0.3 is 0 Å². The molecular weight excluding hydrogens is 212 g/mol. The highest BCUT2D eigenvalue weighted by Crippen LogP contribution is 2.26. The smallest absolute Gasteiger partial charge is 0.0587 e. The lowest BCUT2D eigenvalue weighted by Gasteiger charge is -2.50. The normalized spacial score (nSPS) is 38.9. The van der Waals surface area contributed by atoms with Crippen LogP contribution in [0.25, 0.3) is 0 Å². The number of nitrogens with one attached hydrogen (secondary N) is 1. The molecule has 0 aromatic heterocycles. The van der Waals surface area contributed by atoms with Crippen molar-refractivity contribution in [2.24, 2.45) is 5.84 Å². The van der Waals surface area contributed by atoms with Crippen LogP contribution in [-0.2, 0) is 0 Å². The fourth-order valence-electron chi connectivity index (χ4n) is 3.58. The van der Waals surface area contributed by atoms with Crippen LogP contribution in [0.3, 0.4) is 0 Å². The molecule has 3 N–H and O–H groups in total.